The Kier molecular flexibility index (Phi) is 14.1. The van der Waals surface area contributed by atoms with Gasteiger partial charge in [-0.05, 0) is 188 Å². The third kappa shape index (κ3) is 9.13. The monoisotopic (exact) mass is 1510 g/mol. The maximum absolute atomic E-state index is 2.50. The van der Waals surface area contributed by atoms with Crippen LogP contribution in [0.5, 0.6) is 0 Å². The van der Waals surface area contributed by atoms with E-state index in [0.717, 1.165) is 22.7 Å². The third-order valence-electron chi connectivity index (χ3n) is 25.6. The summed E-state index contributed by atoms with van der Waals surface area (Å²) in [6.45, 7) is 0. The van der Waals surface area contributed by atoms with E-state index in [1.54, 1.807) is 0 Å². The first-order chi connectivity index (χ1) is 57.5. The van der Waals surface area contributed by atoms with Crippen molar-refractivity contribution in [2.45, 2.75) is 10.8 Å². The van der Waals surface area contributed by atoms with E-state index in [1.165, 1.54) is 194 Å². The van der Waals surface area contributed by atoms with E-state index in [0.29, 0.717) is 0 Å². The van der Waals surface area contributed by atoms with Gasteiger partial charge < -0.3 is 18.3 Å². The molecule has 0 atom stereocenters. The van der Waals surface area contributed by atoms with Crippen molar-refractivity contribution in [2.75, 3.05) is 0 Å². The lowest BCUT2D eigenvalue weighted by molar-refractivity contribution is 0.767. The molecule has 116 heavy (non-hydrogen) atoms. The zero-order chi connectivity index (χ0) is 75.9. The lowest BCUT2D eigenvalue weighted by Crippen LogP contribution is -2.28. The summed E-state index contributed by atoms with van der Waals surface area (Å²) in [4.78, 5) is 0. The van der Waals surface area contributed by atoms with Gasteiger partial charge in [0.25, 0.3) is 0 Å². The molecule has 0 aliphatic heterocycles. The molecule has 0 spiro atoms. The molecule has 6 aromatic heterocycles. The lowest BCUT2D eigenvalue weighted by atomic mass is 9.67. The maximum atomic E-state index is 2.50. The zero-order valence-electron chi connectivity index (χ0n) is 62.9. The number of nitrogens with zero attached hydrogens (tertiary/aromatic N) is 4. The van der Waals surface area contributed by atoms with Crippen molar-refractivity contribution in [3.05, 3.63) is 457 Å². The highest BCUT2D eigenvalue weighted by Crippen LogP contribution is 2.59. The van der Waals surface area contributed by atoms with Crippen LogP contribution in [-0.4, -0.2) is 18.3 Å². The zero-order valence-corrected chi connectivity index (χ0v) is 64.5. The quantitative estimate of drug-likeness (QED) is 0.144. The fraction of sp³-hybridized carbons (Fsp3) is 0.0182. The second-order valence-corrected chi connectivity index (χ2v) is 33.4. The second kappa shape index (κ2) is 25.0. The van der Waals surface area contributed by atoms with E-state index in [9.17, 15) is 0 Å². The molecular weight excluding hydrogens is 1440 g/mol. The van der Waals surface area contributed by atoms with Crippen LogP contribution in [-0.2, 0) is 10.8 Å². The predicted molar refractivity (Wildman–Crippen MR) is 491 cm³/mol. The largest absolute Gasteiger partial charge is 0.309 e. The van der Waals surface area contributed by atoms with E-state index >= 15 is 0 Å². The van der Waals surface area contributed by atoms with E-state index in [1.807, 2.05) is 22.7 Å². The third-order valence-corrected chi connectivity index (χ3v) is 27.8. The van der Waals surface area contributed by atoms with Crippen LogP contribution >= 0.6 is 22.7 Å². The summed E-state index contributed by atoms with van der Waals surface area (Å²) in [5.41, 5.74) is 28.9. The van der Waals surface area contributed by atoms with Crippen LogP contribution in [0.3, 0.4) is 0 Å². The van der Waals surface area contributed by atoms with E-state index in [4.69, 9.17) is 0 Å². The Bertz CT molecular complexity index is 8100. The number of hydrogen-bond donors (Lipinski definition) is 0. The Labute approximate surface area is 676 Å². The van der Waals surface area contributed by atoms with Gasteiger partial charge in [0.05, 0.1) is 55.0 Å². The number of fused-ring (bicyclic) bond motifs is 24. The van der Waals surface area contributed by atoms with Gasteiger partial charge in [-0.2, -0.15) is 0 Å². The van der Waals surface area contributed by atoms with Gasteiger partial charge in [0.2, 0.25) is 0 Å². The second-order valence-electron chi connectivity index (χ2n) is 31.3. The van der Waals surface area contributed by atoms with Crippen LogP contribution in [0.1, 0.15) is 44.5 Å². The highest BCUT2D eigenvalue weighted by atomic mass is 32.1. The van der Waals surface area contributed by atoms with Gasteiger partial charge >= 0.3 is 0 Å². The summed E-state index contributed by atoms with van der Waals surface area (Å²) < 4.78 is 15.2. The Morgan fingerprint density at radius 1 is 0.155 bits per heavy atom. The number of thiophene rings is 2. The summed E-state index contributed by atoms with van der Waals surface area (Å²) in [7, 11) is 0. The fourth-order valence-corrected chi connectivity index (χ4v) is 23.1. The minimum Gasteiger partial charge on any atom is -0.309 e. The number of para-hydroxylation sites is 4. The fourth-order valence-electron chi connectivity index (χ4n) is 20.8. The first-order valence-corrected chi connectivity index (χ1v) is 41.7. The van der Waals surface area contributed by atoms with Crippen LogP contribution in [0.15, 0.2) is 413 Å². The van der Waals surface area contributed by atoms with Crippen LogP contribution in [0.25, 0.3) is 173 Å². The standard InChI is InChI=1S/2C55H34N2S/c1-3-16-35(17-4-1)55(47-26-11-7-22-39(47)40-23-8-12-27-48(40)55)36-18-15-21-38(30-36)57-49-28-13-9-24-41(49)43-31-44-45-33-54-46(42-25-10-14-29-53(42)58-54)32-50(45)56(52(44)34-51(43)57)37-19-5-2-6-20-37;1-3-15-35(16-4-1)55(47-23-11-7-19-39(47)40-20-8-12-24-48(40)55)36-27-29-38(30-28-36)56-49-25-13-9-21-41(49)43-31-44-45-33-54-46(42-22-10-14-26-53(42)58-54)32-50(45)57(52(44)34-51(43)56)37-17-5-2-6-18-37/h2*1-34H. The molecule has 2 aliphatic rings. The first-order valence-electron chi connectivity index (χ1n) is 40.0. The Balaban J connectivity index is 0.000000130. The number of rotatable bonds is 8. The van der Waals surface area contributed by atoms with Crippen LogP contribution in [0, 0.1) is 0 Å². The van der Waals surface area contributed by atoms with Crippen molar-refractivity contribution in [1.29, 1.82) is 0 Å². The van der Waals surface area contributed by atoms with Crippen molar-refractivity contribution in [1.82, 2.24) is 18.3 Å². The van der Waals surface area contributed by atoms with Crippen molar-refractivity contribution in [3.8, 4) is 45.0 Å². The van der Waals surface area contributed by atoms with Crippen LogP contribution < -0.4 is 0 Å². The SMILES string of the molecule is c1ccc(-n2c3cc4c(cc3c3cc5c6ccccc6n(-c6ccc(C7(c8ccccc8)c8ccccc8-c8ccccc87)cc6)c5cc32)sc2ccccc24)cc1.c1ccc(-n2c3cc4c(cc3c3cc5c6ccccc6n(-c6cccc(C7(c8ccccc8)c8ccccc8-c8ccccc87)c6)c5cc32)sc2ccccc24)cc1. The molecule has 540 valence electrons. The van der Waals surface area contributed by atoms with E-state index in [2.05, 4.69) is 431 Å². The number of benzene rings is 18. The van der Waals surface area contributed by atoms with Crippen LogP contribution in [0.4, 0.5) is 0 Å². The summed E-state index contributed by atoms with van der Waals surface area (Å²) in [5, 5.41) is 15.4. The molecule has 0 unspecified atom stereocenters. The van der Waals surface area contributed by atoms with E-state index < -0.39 is 10.8 Å². The van der Waals surface area contributed by atoms with Gasteiger partial charge in [0, 0.05) is 106 Å². The summed E-state index contributed by atoms with van der Waals surface area (Å²) in [6, 6.07) is 154. The first kappa shape index (κ1) is 65.2. The highest BCUT2D eigenvalue weighted by molar-refractivity contribution is 7.26. The predicted octanol–water partition coefficient (Wildman–Crippen LogP) is 29.2. The average molecular weight is 1510 g/mol. The Hall–Kier alpha value is -14.4. The molecular formula is C110H68N4S2. The van der Waals surface area contributed by atoms with Gasteiger partial charge in [-0.15, -0.1) is 22.7 Å². The molecule has 6 heterocycles. The molecule has 0 bridgehead atoms. The topological polar surface area (TPSA) is 19.7 Å². The molecule has 24 aromatic rings. The van der Waals surface area contributed by atoms with Crippen molar-refractivity contribution in [3.63, 3.8) is 0 Å². The molecule has 26 rings (SSSR count). The molecule has 0 saturated carbocycles. The van der Waals surface area contributed by atoms with Crippen LogP contribution in [0.2, 0.25) is 0 Å². The van der Waals surface area contributed by atoms with E-state index in [-0.39, 0.29) is 0 Å². The Morgan fingerprint density at radius 3 is 0.888 bits per heavy atom. The van der Waals surface area contributed by atoms with Gasteiger partial charge in [0.1, 0.15) is 0 Å². The van der Waals surface area contributed by atoms with Crippen molar-refractivity contribution in [2.24, 2.45) is 0 Å². The van der Waals surface area contributed by atoms with Crippen molar-refractivity contribution < 1.29 is 0 Å². The number of aromatic nitrogens is 4. The summed E-state index contributed by atoms with van der Waals surface area (Å²) in [6.07, 6.45) is 0. The number of hydrogen-bond acceptors (Lipinski definition) is 2. The van der Waals surface area contributed by atoms with Gasteiger partial charge in [-0.25, -0.2) is 0 Å². The normalized spacial score (nSPS) is 13.3. The molecule has 18 aromatic carbocycles. The molecule has 6 heteroatoms. The minimum atomic E-state index is -0.479. The molecule has 0 amide bonds. The summed E-state index contributed by atoms with van der Waals surface area (Å²) in [5.74, 6) is 0. The van der Waals surface area contributed by atoms with Crippen molar-refractivity contribution >= 4 is 150 Å². The van der Waals surface area contributed by atoms with Gasteiger partial charge in [-0.3, -0.25) is 0 Å². The maximum Gasteiger partial charge on any atom is 0.0714 e. The lowest BCUT2D eigenvalue weighted by Gasteiger charge is -2.34. The average Bonchev–Trinajstić information content (AvgIpc) is 1.54. The Morgan fingerprint density at radius 2 is 0.448 bits per heavy atom. The molecule has 2 aliphatic carbocycles. The molecule has 0 saturated heterocycles. The van der Waals surface area contributed by atoms with Gasteiger partial charge in [0.15, 0.2) is 0 Å². The summed E-state index contributed by atoms with van der Waals surface area (Å²) >= 11 is 3.77. The molecule has 0 radical (unpaired) electrons. The molecule has 4 nitrogen and oxygen atoms in total. The smallest absolute Gasteiger partial charge is 0.0714 e. The minimum absolute atomic E-state index is 0.435. The van der Waals surface area contributed by atoms with Gasteiger partial charge in [-0.1, -0.05) is 291 Å². The molecule has 0 fully saturated rings. The molecule has 0 N–H and O–H groups in total. The highest BCUT2D eigenvalue weighted by Gasteiger charge is 2.48.